The van der Waals surface area contributed by atoms with Crippen molar-refractivity contribution in [2.24, 2.45) is 5.92 Å². The molecule has 0 spiro atoms. The number of hydrogen-bond acceptors (Lipinski definition) is 4. The minimum Gasteiger partial charge on any atom is -0.449 e. The lowest BCUT2D eigenvalue weighted by molar-refractivity contribution is -0.147. The molecule has 0 unspecified atom stereocenters. The number of amides is 2. The van der Waals surface area contributed by atoms with Crippen LogP contribution in [-0.2, 0) is 11.0 Å². The Hall–Kier alpha value is -2.26. The third-order valence-electron chi connectivity index (χ3n) is 6.60. The van der Waals surface area contributed by atoms with Crippen molar-refractivity contribution >= 4 is 34.4 Å². The Kier molecular flexibility index (Phi) is 5.16. The van der Waals surface area contributed by atoms with E-state index in [1.54, 1.807) is 11.0 Å². The molecule has 0 radical (unpaired) electrons. The van der Waals surface area contributed by atoms with E-state index in [0.29, 0.717) is 31.5 Å². The maximum absolute atomic E-state index is 13.7. The molecule has 32 heavy (non-hydrogen) atoms. The summed E-state index contributed by atoms with van der Waals surface area (Å²) in [5, 5.41) is 9.37. The predicted octanol–water partition coefficient (Wildman–Crippen LogP) is 4.04. The third kappa shape index (κ3) is 3.75. The van der Waals surface area contributed by atoms with Crippen LogP contribution in [0.15, 0.2) is 16.5 Å². The highest BCUT2D eigenvalue weighted by Gasteiger charge is 2.40. The van der Waals surface area contributed by atoms with E-state index in [1.807, 2.05) is 0 Å². The van der Waals surface area contributed by atoms with Crippen LogP contribution < -0.4 is 0 Å². The van der Waals surface area contributed by atoms with E-state index in [2.05, 4.69) is 0 Å². The normalized spacial score (nSPS) is 20.7. The van der Waals surface area contributed by atoms with Crippen molar-refractivity contribution < 1.29 is 32.3 Å². The molecule has 172 valence electrons. The third-order valence-corrected chi connectivity index (χ3v) is 6.98. The van der Waals surface area contributed by atoms with Gasteiger partial charge in [0.2, 0.25) is 11.7 Å². The molecule has 2 aliphatic heterocycles. The summed E-state index contributed by atoms with van der Waals surface area (Å²) in [6, 6.07) is 2.69. The highest BCUT2D eigenvalue weighted by Crippen LogP contribution is 2.47. The average molecular weight is 471 g/mol. The summed E-state index contributed by atoms with van der Waals surface area (Å²) < 4.78 is 46.4. The van der Waals surface area contributed by atoms with Gasteiger partial charge in [0.05, 0.1) is 16.7 Å². The molecular weight excluding hydrogens is 449 g/mol. The number of hydrogen-bond donors (Lipinski definition) is 1. The Bertz CT molecular complexity index is 1080. The first-order valence-corrected chi connectivity index (χ1v) is 11.1. The van der Waals surface area contributed by atoms with Crippen LogP contribution >= 0.6 is 11.6 Å². The number of likely N-dealkylation sites (tertiary alicyclic amines) is 2. The number of fused-ring (bicyclic) bond motifs is 1. The minimum absolute atomic E-state index is 0.0356. The number of aliphatic hydroxyl groups excluding tert-OH is 1. The van der Waals surface area contributed by atoms with E-state index in [-0.39, 0.29) is 47.0 Å². The van der Waals surface area contributed by atoms with Crippen LogP contribution in [0.4, 0.5) is 13.2 Å². The zero-order chi connectivity index (χ0) is 22.8. The number of carbonyl (C=O) groups is 2. The second-order valence-electron chi connectivity index (χ2n) is 8.93. The van der Waals surface area contributed by atoms with Gasteiger partial charge < -0.3 is 19.3 Å². The van der Waals surface area contributed by atoms with Crippen LogP contribution in [0.5, 0.6) is 0 Å². The lowest BCUT2D eigenvalue weighted by Gasteiger charge is -2.40. The molecule has 0 atom stereocenters. The van der Waals surface area contributed by atoms with Crippen molar-refractivity contribution in [3.05, 3.63) is 34.0 Å². The van der Waals surface area contributed by atoms with E-state index in [4.69, 9.17) is 16.0 Å². The van der Waals surface area contributed by atoms with Gasteiger partial charge in [0, 0.05) is 37.5 Å². The fourth-order valence-electron chi connectivity index (χ4n) is 4.56. The van der Waals surface area contributed by atoms with E-state index in [1.165, 1.54) is 4.90 Å². The molecule has 1 N–H and O–H groups in total. The topological polar surface area (TPSA) is 74.0 Å². The molecule has 0 bridgehead atoms. The van der Waals surface area contributed by atoms with Crippen molar-refractivity contribution in [3.8, 4) is 0 Å². The first-order chi connectivity index (χ1) is 15.1. The number of carbonyl (C=O) groups excluding carboxylic acids is 2. The van der Waals surface area contributed by atoms with Gasteiger partial charge in [0.1, 0.15) is 5.58 Å². The van der Waals surface area contributed by atoms with Gasteiger partial charge in [-0.25, -0.2) is 0 Å². The average Bonchev–Trinajstić information content (AvgIpc) is 3.53. The summed E-state index contributed by atoms with van der Waals surface area (Å²) >= 11 is 6.36. The van der Waals surface area contributed by atoms with Crippen molar-refractivity contribution in [1.82, 2.24) is 9.80 Å². The molecule has 1 aromatic carbocycles. The van der Waals surface area contributed by atoms with Crippen molar-refractivity contribution in [2.75, 3.05) is 26.2 Å². The van der Waals surface area contributed by atoms with Crippen molar-refractivity contribution in [3.63, 3.8) is 0 Å². The molecule has 6 nitrogen and oxygen atoms in total. The Morgan fingerprint density at radius 3 is 2.28 bits per heavy atom. The van der Waals surface area contributed by atoms with Crippen LogP contribution in [-0.4, -0.2) is 59.0 Å². The predicted molar refractivity (Wildman–Crippen MR) is 109 cm³/mol. The second kappa shape index (κ2) is 7.66. The molecule has 3 fully saturated rings. The molecule has 2 amide bonds. The second-order valence-corrected chi connectivity index (χ2v) is 9.30. The summed E-state index contributed by atoms with van der Waals surface area (Å²) in [6.45, 7) is 1.21. The van der Waals surface area contributed by atoms with Crippen LogP contribution in [0, 0.1) is 5.92 Å². The molecule has 3 heterocycles. The van der Waals surface area contributed by atoms with Crippen LogP contribution in [0.3, 0.4) is 0 Å². The zero-order valence-electron chi connectivity index (χ0n) is 17.1. The first kappa shape index (κ1) is 21.6. The molecule has 10 heteroatoms. The zero-order valence-corrected chi connectivity index (χ0v) is 17.9. The molecular formula is C22H22ClF3N2O4. The Morgan fingerprint density at radius 1 is 1.06 bits per heavy atom. The molecule has 2 saturated heterocycles. The number of aliphatic hydroxyl groups is 1. The fraction of sp³-hybridized carbons (Fsp3) is 0.545. The number of rotatable bonds is 3. The van der Waals surface area contributed by atoms with Crippen molar-refractivity contribution in [2.45, 2.75) is 43.9 Å². The maximum atomic E-state index is 13.7. The Labute approximate surface area is 186 Å². The summed E-state index contributed by atoms with van der Waals surface area (Å²) in [5.41, 5.74) is -0.780. The summed E-state index contributed by atoms with van der Waals surface area (Å²) in [4.78, 5) is 28.5. The highest BCUT2D eigenvalue weighted by atomic mass is 35.5. The molecule has 5 rings (SSSR count). The molecule has 1 saturated carbocycles. The standard InChI is InChI=1S/C22H22ClF3N2O4/c23-17-15-7-13(11-1-2-11)8-16(22(24,25)26)18(15)32-19(17)21(31)27-5-3-12(4-6-27)20(30)28-9-14(29)10-28/h7-8,11-12,14,29H,1-6,9-10H2. The number of benzene rings is 1. The quantitative estimate of drug-likeness (QED) is 0.735. The Morgan fingerprint density at radius 2 is 1.72 bits per heavy atom. The molecule has 1 aromatic heterocycles. The summed E-state index contributed by atoms with van der Waals surface area (Å²) in [7, 11) is 0. The lowest BCUT2D eigenvalue weighted by Crippen LogP contribution is -2.56. The number of β-amino-alcohol motifs (C(OH)–C–C–N with tert-alkyl or cyclic N) is 1. The van der Waals surface area contributed by atoms with Gasteiger partial charge in [-0.3, -0.25) is 9.59 Å². The van der Waals surface area contributed by atoms with Gasteiger partial charge in [0.25, 0.3) is 5.91 Å². The van der Waals surface area contributed by atoms with Crippen LogP contribution in [0.1, 0.15) is 53.3 Å². The fourth-order valence-corrected chi connectivity index (χ4v) is 4.82. The van der Waals surface area contributed by atoms with E-state index in [0.717, 1.165) is 18.9 Å². The number of halogens is 4. The van der Waals surface area contributed by atoms with Gasteiger partial charge in [-0.15, -0.1) is 0 Å². The number of alkyl halides is 3. The number of furan rings is 1. The minimum atomic E-state index is -4.63. The van der Waals surface area contributed by atoms with Gasteiger partial charge in [-0.05, 0) is 49.3 Å². The summed E-state index contributed by atoms with van der Waals surface area (Å²) in [5.74, 6) is -1.06. The number of nitrogens with zero attached hydrogens (tertiary/aromatic N) is 2. The van der Waals surface area contributed by atoms with Gasteiger partial charge in [-0.2, -0.15) is 13.2 Å². The lowest BCUT2D eigenvalue weighted by atomic mass is 9.93. The monoisotopic (exact) mass is 470 g/mol. The SMILES string of the molecule is O=C(c1oc2c(C(F)(F)F)cc(C3CC3)cc2c1Cl)N1CCC(C(=O)N2CC(O)C2)CC1. The van der Waals surface area contributed by atoms with Gasteiger partial charge in [0.15, 0.2) is 0 Å². The van der Waals surface area contributed by atoms with Crippen LogP contribution in [0.25, 0.3) is 11.0 Å². The summed E-state index contributed by atoms with van der Waals surface area (Å²) in [6.07, 6.45) is -2.57. The smallest absolute Gasteiger partial charge is 0.420 e. The first-order valence-electron chi connectivity index (χ1n) is 10.7. The maximum Gasteiger partial charge on any atom is 0.420 e. The number of piperidine rings is 1. The van der Waals surface area contributed by atoms with Crippen molar-refractivity contribution in [1.29, 1.82) is 0 Å². The van der Waals surface area contributed by atoms with Gasteiger partial charge in [-0.1, -0.05) is 11.6 Å². The molecule has 1 aliphatic carbocycles. The Balaban J connectivity index is 1.37. The van der Waals surface area contributed by atoms with E-state index < -0.39 is 29.3 Å². The molecule has 2 aromatic rings. The highest BCUT2D eigenvalue weighted by molar-refractivity contribution is 6.38. The van der Waals surface area contributed by atoms with E-state index in [9.17, 15) is 27.9 Å². The van der Waals surface area contributed by atoms with E-state index >= 15 is 0 Å². The molecule has 3 aliphatic rings. The van der Waals surface area contributed by atoms with Gasteiger partial charge >= 0.3 is 6.18 Å². The largest absolute Gasteiger partial charge is 0.449 e. The van der Waals surface area contributed by atoms with Crippen LogP contribution in [0.2, 0.25) is 5.02 Å².